The molecule has 3 aliphatic carbocycles. The van der Waals surface area contributed by atoms with E-state index in [-0.39, 0.29) is 22.9 Å². The lowest BCUT2D eigenvalue weighted by atomic mass is 9.50. The van der Waals surface area contributed by atoms with Crippen molar-refractivity contribution in [3.8, 4) is 12.1 Å². The number of nitrogens with zero attached hydrogens (tertiary/aromatic N) is 7. The van der Waals surface area contributed by atoms with E-state index in [1.807, 2.05) is 23.0 Å². The summed E-state index contributed by atoms with van der Waals surface area (Å²) in [5, 5.41) is 33.4. The van der Waals surface area contributed by atoms with Gasteiger partial charge in [0.25, 0.3) is 0 Å². The van der Waals surface area contributed by atoms with Gasteiger partial charge in [-0.1, -0.05) is 32.1 Å². The number of nitriles is 2. The Labute approximate surface area is 239 Å². The fourth-order valence-electron chi connectivity index (χ4n) is 6.14. The quantitative estimate of drug-likeness (QED) is 0.276. The summed E-state index contributed by atoms with van der Waals surface area (Å²) in [7, 11) is 0. The molecule has 9 heteroatoms. The molecule has 2 atom stereocenters. The van der Waals surface area contributed by atoms with E-state index < -0.39 is 5.95 Å². The summed E-state index contributed by atoms with van der Waals surface area (Å²) >= 11 is 0. The minimum absolute atomic E-state index is 0.0436. The van der Waals surface area contributed by atoms with Gasteiger partial charge in [0.1, 0.15) is 12.1 Å². The lowest BCUT2D eigenvalue weighted by Crippen LogP contribution is -2.59. The van der Waals surface area contributed by atoms with Gasteiger partial charge in [-0.3, -0.25) is 4.98 Å². The van der Waals surface area contributed by atoms with E-state index in [2.05, 4.69) is 65.4 Å². The Morgan fingerprint density at radius 3 is 2.49 bits per heavy atom. The maximum Gasteiger partial charge on any atom is 0.213 e. The topological polar surface area (TPSA) is 116 Å². The van der Waals surface area contributed by atoms with Gasteiger partial charge in [0.2, 0.25) is 5.95 Å². The van der Waals surface area contributed by atoms with Crippen molar-refractivity contribution in [1.82, 2.24) is 25.0 Å². The molecule has 0 saturated heterocycles. The maximum absolute atomic E-state index is 14.0. The molecule has 3 fully saturated rings. The average Bonchev–Trinajstić information content (AvgIpc) is 3.34. The lowest BCUT2D eigenvalue weighted by molar-refractivity contribution is -0.0989. The summed E-state index contributed by atoms with van der Waals surface area (Å²) in [5.74, 6) is 0.0173. The van der Waals surface area contributed by atoms with Crippen molar-refractivity contribution in [2.75, 3.05) is 5.32 Å². The van der Waals surface area contributed by atoms with Gasteiger partial charge in [0.15, 0.2) is 0 Å². The van der Waals surface area contributed by atoms with Crippen LogP contribution >= 0.6 is 0 Å². The predicted molar refractivity (Wildman–Crippen MR) is 154 cm³/mol. The van der Waals surface area contributed by atoms with Gasteiger partial charge in [0, 0.05) is 35.4 Å². The van der Waals surface area contributed by atoms with Crippen molar-refractivity contribution in [3.63, 3.8) is 0 Å². The van der Waals surface area contributed by atoms with E-state index >= 15 is 0 Å². The highest BCUT2D eigenvalue weighted by atomic mass is 19.1. The lowest BCUT2D eigenvalue weighted by Gasteiger charge is -2.61. The maximum atomic E-state index is 14.0. The molecule has 0 amide bonds. The highest BCUT2D eigenvalue weighted by Gasteiger charge is 2.58. The first-order valence-electron chi connectivity index (χ1n) is 14.1. The van der Waals surface area contributed by atoms with Crippen LogP contribution in [0.3, 0.4) is 0 Å². The summed E-state index contributed by atoms with van der Waals surface area (Å²) in [6, 6.07) is 11.6. The summed E-state index contributed by atoms with van der Waals surface area (Å²) in [4.78, 5) is 8.60. The largest absolute Gasteiger partial charge is 0.380 e. The molecule has 0 radical (unpaired) electrons. The van der Waals surface area contributed by atoms with Crippen molar-refractivity contribution in [2.45, 2.75) is 77.8 Å². The molecule has 3 aromatic heterocycles. The van der Waals surface area contributed by atoms with Gasteiger partial charge in [-0.05, 0) is 80.2 Å². The zero-order chi connectivity index (χ0) is 29.1. The highest BCUT2D eigenvalue weighted by molar-refractivity contribution is 5.97. The summed E-state index contributed by atoms with van der Waals surface area (Å²) in [6.07, 6.45) is 7.47. The molecular formula is C32H33FN8. The number of anilines is 1. The monoisotopic (exact) mass is 548 g/mol. The van der Waals surface area contributed by atoms with E-state index in [1.54, 1.807) is 13.0 Å². The summed E-state index contributed by atoms with van der Waals surface area (Å²) in [5.41, 5.74) is 5.21. The highest BCUT2D eigenvalue weighted by Crippen LogP contribution is 2.62. The number of hydrogen-bond acceptors (Lipinski definition) is 7. The molecule has 2 bridgehead atoms. The Balaban J connectivity index is 1.46. The Morgan fingerprint density at radius 1 is 1.15 bits per heavy atom. The molecule has 41 heavy (non-hydrogen) atoms. The number of benzene rings is 1. The number of halogens is 1. The first-order chi connectivity index (χ1) is 19.5. The molecule has 4 aromatic rings. The van der Waals surface area contributed by atoms with Crippen LogP contribution in [-0.4, -0.2) is 31.0 Å². The average molecular weight is 549 g/mol. The zero-order valence-corrected chi connectivity index (χ0v) is 24.0. The van der Waals surface area contributed by atoms with Crippen molar-refractivity contribution >= 4 is 16.6 Å². The number of fused-ring (bicyclic) bond motifs is 1. The first-order valence-corrected chi connectivity index (χ1v) is 14.1. The fourth-order valence-corrected chi connectivity index (χ4v) is 6.14. The number of rotatable bonds is 7. The summed E-state index contributed by atoms with van der Waals surface area (Å²) in [6.45, 7) is 10.3. The number of aromatic nitrogens is 5. The van der Waals surface area contributed by atoms with Crippen LogP contribution in [0.1, 0.15) is 86.5 Å². The molecule has 0 aliphatic heterocycles. The smallest absolute Gasteiger partial charge is 0.213 e. The van der Waals surface area contributed by atoms with Crippen molar-refractivity contribution in [3.05, 3.63) is 76.2 Å². The predicted octanol–water partition coefficient (Wildman–Crippen LogP) is 6.14. The van der Waals surface area contributed by atoms with E-state index in [1.165, 1.54) is 12.3 Å². The Hall–Kier alpha value is -4.37. The van der Waals surface area contributed by atoms with Gasteiger partial charge in [0.05, 0.1) is 33.6 Å². The molecule has 1 aromatic carbocycles. The molecule has 1 unspecified atom stereocenters. The number of nitrogens with one attached hydrogen (secondary N) is 1. The molecule has 1 N–H and O–H groups in total. The molecule has 3 heterocycles. The molecule has 208 valence electrons. The Morgan fingerprint density at radius 2 is 1.88 bits per heavy atom. The van der Waals surface area contributed by atoms with Crippen molar-refractivity contribution in [1.29, 1.82) is 10.5 Å². The Bertz CT molecular complexity index is 1740. The third kappa shape index (κ3) is 4.60. The molecular weight excluding hydrogens is 515 g/mol. The standard InChI is InChI=1S/C32H33FN8/c1-18-24(6-7-28(33)37-18)25(27-17-41(40-39-27)32-11-21(12-32)13-32)9-20-8-22(14-34)29-26(10-20)30(23(15-35)16-36-29)38-19(2)31(3,4)5/h6-8,10,16-17,19,21,25H,9,11-13H2,1-5H3,(H,36,38)/t19-,21?,25?,32?/m1/s1. The van der Waals surface area contributed by atoms with Crippen molar-refractivity contribution in [2.24, 2.45) is 11.3 Å². The second-order valence-electron chi connectivity index (χ2n) is 12.9. The van der Waals surface area contributed by atoms with Gasteiger partial charge < -0.3 is 5.32 Å². The minimum Gasteiger partial charge on any atom is -0.380 e. The van der Waals surface area contributed by atoms with Crippen LogP contribution in [0.4, 0.5) is 10.1 Å². The van der Waals surface area contributed by atoms with Crippen LogP contribution < -0.4 is 5.32 Å². The van der Waals surface area contributed by atoms with Crippen LogP contribution in [0, 0.1) is 46.9 Å². The first kappa shape index (κ1) is 26.8. The van der Waals surface area contributed by atoms with Crippen LogP contribution in [-0.2, 0) is 12.0 Å². The van der Waals surface area contributed by atoms with Crippen molar-refractivity contribution < 1.29 is 4.39 Å². The number of pyridine rings is 2. The SMILES string of the molecule is Cc1nc(F)ccc1C(Cc1cc(C#N)c2ncc(C#N)c(N[C@H](C)C(C)(C)C)c2c1)c1cn(C23CC(C2)C3)nn1. The third-order valence-corrected chi connectivity index (χ3v) is 9.20. The summed E-state index contributed by atoms with van der Waals surface area (Å²) < 4.78 is 16.0. The molecule has 7 rings (SSSR count). The third-order valence-electron chi connectivity index (χ3n) is 9.20. The molecule has 8 nitrogen and oxygen atoms in total. The molecule has 0 spiro atoms. The van der Waals surface area contributed by atoms with E-state index in [4.69, 9.17) is 0 Å². The zero-order valence-electron chi connectivity index (χ0n) is 24.0. The second-order valence-corrected chi connectivity index (χ2v) is 12.9. The van der Waals surface area contributed by atoms with Gasteiger partial charge in [-0.2, -0.15) is 14.9 Å². The van der Waals surface area contributed by atoms with E-state index in [0.717, 1.165) is 47.4 Å². The number of aryl methyl sites for hydroxylation is 1. The van der Waals surface area contributed by atoms with Gasteiger partial charge in [-0.15, -0.1) is 5.10 Å². The van der Waals surface area contributed by atoms with E-state index in [9.17, 15) is 14.9 Å². The number of hydrogen-bond donors (Lipinski definition) is 1. The van der Waals surface area contributed by atoms with Gasteiger partial charge >= 0.3 is 0 Å². The fraction of sp³-hybridized carbons (Fsp3) is 0.438. The van der Waals surface area contributed by atoms with Crippen LogP contribution in [0.2, 0.25) is 0 Å². The molecule has 3 aliphatic rings. The molecule has 3 saturated carbocycles. The van der Waals surface area contributed by atoms with Gasteiger partial charge in [-0.25, -0.2) is 9.67 Å². The van der Waals surface area contributed by atoms with Crippen LogP contribution in [0.15, 0.2) is 36.7 Å². The second kappa shape index (κ2) is 9.62. The van der Waals surface area contributed by atoms with Crippen LogP contribution in [0.25, 0.3) is 10.9 Å². The Kier molecular flexibility index (Phi) is 6.30. The minimum atomic E-state index is -0.529. The van der Waals surface area contributed by atoms with Crippen LogP contribution in [0.5, 0.6) is 0 Å². The van der Waals surface area contributed by atoms with E-state index in [0.29, 0.717) is 34.4 Å². The normalized spacial score (nSPS) is 20.8.